The van der Waals surface area contributed by atoms with Gasteiger partial charge >= 0.3 is 5.97 Å². The van der Waals surface area contributed by atoms with Crippen LogP contribution in [0.3, 0.4) is 0 Å². The fourth-order valence-electron chi connectivity index (χ4n) is 1.67. The number of hydrogen-bond acceptors (Lipinski definition) is 6. The first-order valence-electron chi connectivity index (χ1n) is 7.23. The Kier molecular flexibility index (Phi) is 9.71. The molecule has 0 heterocycles. The van der Waals surface area contributed by atoms with Crippen molar-refractivity contribution < 1.29 is 24.3 Å². The molecule has 9 N–H and O–H groups in total. The molecule has 0 spiro atoms. The molecule has 0 aliphatic heterocycles. The van der Waals surface area contributed by atoms with Gasteiger partial charge in [0.1, 0.15) is 0 Å². The molecule has 11 heteroatoms. The summed E-state index contributed by atoms with van der Waals surface area (Å²) in [6, 6.07) is -1.98. The van der Waals surface area contributed by atoms with Crippen LogP contribution in [-0.2, 0) is 19.2 Å². The van der Waals surface area contributed by atoms with Gasteiger partial charge in [0.05, 0.1) is 25.0 Å². The number of carbonyl (C=O) groups excluding carboxylic acids is 3. The number of ketones is 1. The summed E-state index contributed by atoms with van der Waals surface area (Å²) in [5.74, 6) is -2.99. The molecular weight excluding hydrogens is 320 g/mol. The number of amides is 2. The average molecular weight is 344 g/mol. The molecule has 0 bridgehead atoms. The summed E-state index contributed by atoms with van der Waals surface area (Å²) in [6.07, 6.45) is 0.280. The van der Waals surface area contributed by atoms with Crippen molar-refractivity contribution in [3.8, 4) is 0 Å². The number of nitrogens with two attached hydrogens (primary N) is 3. The topological polar surface area (TPSA) is 203 Å². The van der Waals surface area contributed by atoms with Crippen molar-refractivity contribution in [2.24, 2.45) is 22.2 Å². The first-order valence-corrected chi connectivity index (χ1v) is 7.23. The SMILES string of the molecule is CC(=O)C(CC(=O)O)NC(=O)CNC(=O)C(N)CCCN=C(N)N. The van der Waals surface area contributed by atoms with Crippen LogP contribution in [0.2, 0.25) is 0 Å². The molecule has 24 heavy (non-hydrogen) atoms. The van der Waals surface area contributed by atoms with E-state index in [0.717, 1.165) is 0 Å². The predicted molar refractivity (Wildman–Crippen MR) is 85.8 cm³/mol. The summed E-state index contributed by atoms with van der Waals surface area (Å²) in [6.45, 7) is 1.09. The Morgan fingerprint density at radius 3 is 2.33 bits per heavy atom. The summed E-state index contributed by atoms with van der Waals surface area (Å²) in [5, 5.41) is 13.2. The van der Waals surface area contributed by atoms with Crippen LogP contribution < -0.4 is 27.8 Å². The third kappa shape index (κ3) is 10.1. The Morgan fingerprint density at radius 2 is 1.83 bits per heavy atom. The number of carboxylic acids is 1. The number of guanidine groups is 1. The summed E-state index contributed by atoms with van der Waals surface area (Å²) < 4.78 is 0. The molecule has 2 amide bonds. The van der Waals surface area contributed by atoms with E-state index < -0.39 is 48.6 Å². The minimum Gasteiger partial charge on any atom is -0.481 e. The molecule has 0 saturated heterocycles. The first-order chi connectivity index (χ1) is 11.1. The van der Waals surface area contributed by atoms with Crippen LogP contribution in [0.25, 0.3) is 0 Å². The van der Waals surface area contributed by atoms with Crippen LogP contribution in [0.4, 0.5) is 0 Å². The Labute approximate surface area is 139 Å². The fourth-order valence-corrected chi connectivity index (χ4v) is 1.67. The summed E-state index contributed by atoms with van der Waals surface area (Å²) in [5.41, 5.74) is 16.0. The maximum Gasteiger partial charge on any atom is 0.305 e. The Bertz CT molecular complexity index is 503. The highest BCUT2D eigenvalue weighted by molar-refractivity contribution is 5.92. The minimum absolute atomic E-state index is 0.0499. The van der Waals surface area contributed by atoms with E-state index in [1.54, 1.807) is 0 Å². The van der Waals surface area contributed by atoms with E-state index in [0.29, 0.717) is 19.4 Å². The minimum atomic E-state index is -1.22. The second-order valence-electron chi connectivity index (χ2n) is 5.10. The number of hydrogen-bond donors (Lipinski definition) is 6. The molecule has 0 saturated carbocycles. The van der Waals surface area contributed by atoms with Gasteiger partial charge in [-0.2, -0.15) is 0 Å². The highest BCUT2D eigenvalue weighted by atomic mass is 16.4. The van der Waals surface area contributed by atoms with E-state index in [1.165, 1.54) is 6.92 Å². The van der Waals surface area contributed by atoms with Gasteiger partial charge < -0.3 is 32.9 Å². The van der Waals surface area contributed by atoms with Gasteiger partial charge in [-0.25, -0.2) is 0 Å². The van der Waals surface area contributed by atoms with Gasteiger partial charge in [-0.05, 0) is 19.8 Å². The lowest BCUT2D eigenvalue weighted by atomic mass is 10.1. The Morgan fingerprint density at radius 1 is 1.21 bits per heavy atom. The zero-order valence-corrected chi connectivity index (χ0v) is 13.4. The summed E-state index contributed by atoms with van der Waals surface area (Å²) in [4.78, 5) is 48.9. The third-order valence-corrected chi connectivity index (χ3v) is 2.93. The van der Waals surface area contributed by atoms with E-state index >= 15 is 0 Å². The van der Waals surface area contributed by atoms with Gasteiger partial charge in [0.25, 0.3) is 0 Å². The lowest BCUT2D eigenvalue weighted by Crippen LogP contribution is -2.48. The van der Waals surface area contributed by atoms with Crippen LogP contribution in [0, 0.1) is 0 Å². The number of nitrogens with one attached hydrogen (secondary N) is 2. The molecule has 0 radical (unpaired) electrons. The third-order valence-electron chi connectivity index (χ3n) is 2.93. The lowest BCUT2D eigenvalue weighted by molar-refractivity contribution is -0.140. The van der Waals surface area contributed by atoms with Crippen molar-refractivity contribution in [3.63, 3.8) is 0 Å². The molecule has 2 unspecified atom stereocenters. The van der Waals surface area contributed by atoms with E-state index in [4.69, 9.17) is 22.3 Å². The zero-order chi connectivity index (χ0) is 18.7. The lowest BCUT2D eigenvalue weighted by Gasteiger charge is -2.15. The van der Waals surface area contributed by atoms with Crippen LogP contribution in [0.5, 0.6) is 0 Å². The number of carboxylic acid groups (broad SMARTS) is 1. The maximum absolute atomic E-state index is 11.7. The highest BCUT2D eigenvalue weighted by Gasteiger charge is 2.21. The number of Topliss-reactive ketones (excluding diaryl/α,β-unsaturated/α-hetero) is 1. The normalized spacial score (nSPS) is 12.6. The maximum atomic E-state index is 11.7. The highest BCUT2D eigenvalue weighted by Crippen LogP contribution is 1.96. The number of aliphatic imine (C=N–C) groups is 1. The second-order valence-corrected chi connectivity index (χ2v) is 5.10. The van der Waals surface area contributed by atoms with Crippen molar-refractivity contribution in [3.05, 3.63) is 0 Å². The Balaban J connectivity index is 4.19. The van der Waals surface area contributed by atoms with E-state index in [2.05, 4.69) is 15.6 Å². The first kappa shape index (κ1) is 21.3. The van der Waals surface area contributed by atoms with E-state index in [1.807, 2.05) is 0 Å². The molecule has 11 nitrogen and oxygen atoms in total. The average Bonchev–Trinajstić information content (AvgIpc) is 2.47. The molecule has 0 aliphatic carbocycles. The van der Waals surface area contributed by atoms with E-state index in [9.17, 15) is 19.2 Å². The zero-order valence-electron chi connectivity index (χ0n) is 13.4. The molecule has 2 atom stereocenters. The van der Waals surface area contributed by atoms with Gasteiger partial charge in [-0.15, -0.1) is 0 Å². The molecule has 136 valence electrons. The number of rotatable bonds is 11. The van der Waals surface area contributed by atoms with Crippen molar-refractivity contribution in [1.29, 1.82) is 0 Å². The number of nitrogens with zero attached hydrogens (tertiary/aromatic N) is 1. The fraction of sp³-hybridized carbons (Fsp3) is 0.615. The molecule has 0 rings (SSSR count). The van der Waals surface area contributed by atoms with Crippen molar-refractivity contribution >= 4 is 29.5 Å². The van der Waals surface area contributed by atoms with Crippen LogP contribution in [0.1, 0.15) is 26.2 Å². The second kappa shape index (κ2) is 10.9. The summed E-state index contributed by atoms with van der Waals surface area (Å²) in [7, 11) is 0. The van der Waals surface area contributed by atoms with Gasteiger partial charge in [-0.1, -0.05) is 0 Å². The van der Waals surface area contributed by atoms with Gasteiger partial charge in [-0.3, -0.25) is 24.2 Å². The monoisotopic (exact) mass is 344 g/mol. The van der Waals surface area contributed by atoms with Gasteiger partial charge in [0, 0.05) is 6.54 Å². The van der Waals surface area contributed by atoms with Crippen molar-refractivity contribution in [2.75, 3.05) is 13.1 Å². The molecule has 0 aromatic rings. The molecule has 0 aromatic heterocycles. The quantitative estimate of drug-likeness (QED) is 0.129. The van der Waals surface area contributed by atoms with Crippen LogP contribution >= 0.6 is 0 Å². The predicted octanol–water partition coefficient (Wildman–Crippen LogP) is -2.97. The summed E-state index contributed by atoms with van der Waals surface area (Å²) >= 11 is 0. The van der Waals surface area contributed by atoms with Crippen LogP contribution in [0.15, 0.2) is 4.99 Å². The molecule has 0 fully saturated rings. The number of aliphatic carboxylic acids is 1. The smallest absolute Gasteiger partial charge is 0.305 e. The van der Waals surface area contributed by atoms with Crippen LogP contribution in [-0.4, -0.2) is 59.8 Å². The molecule has 0 aliphatic rings. The van der Waals surface area contributed by atoms with Crippen molar-refractivity contribution in [1.82, 2.24) is 10.6 Å². The standard InChI is InChI=1S/C13H24N6O5/c1-7(20)9(5-11(22)23)19-10(21)6-18-12(24)8(14)3-2-4-17-13(15)16/h8-9H,2-6,14H2,1H3,(H,18,24)(H,19,21)(H,22,23)(H4,15,16,17). The molecule has 0 aromatic carbocycles. The Hall–Kier alpha value is -2.69. The van der Waals surface area contributed by atoms with Crippen molar-refractivity contribution in [2.45, 2.75) is 38.3 Å². The van der Waals surface area contributed by atoms with Gasteiger partial charge in [0.2, 0.25) is 11.8 Å². The van der Waals surface area contributed by atoms with E-state index in [-0.39, 0.29) is 5.96 Å². The number of carbonyl (C=O) groups is 4. The molecular formula is C13H24N6O5. The van der Waals surface area contributed by atoms with Gasteiger partial charge in [0.15, 0.2) is 11.7 Å². The largest absolute Gasteiger partial charge is 0.481 e.